The topological polar surface area (TPSA) is 75.6 Å². The summed E-state index contributed by atoms with van der Waals surface area (Å²) >= 11 is 0. The van der Waals surface area contributed by atoms with E-state index in [4.69, 9.17) is 9.84 Å². The van der Waals surface area contributed by atoms with Crippen molar-refractivity contribution < 1.29 is 19.4 Å². The zero-order chi connectivity index (χ0) is 18.7. The number of carboxylic acids is 1. The molecule has 0 aliphatic heterocycles. The predicted molar refractivity (Wildman–Crippen MR) is 99.2 cm³/mol. The zero-order valence-corrected chi connectivity index (χ0v) is 15.0. The lowest BCUT2D eigenvalue weighted by molar-refractivity contribution is -0.138. The first kappa shape index (κ1) is 18.0. The van der Waals surface area contributed by atoms with Crippen molar-refractivity contribution in [1.29, 1.82) is 0 Å². The molecule has 1 atom stereocenters. The fraction of sp³-hybridized carbons (Fsp3) is 0.333. The third-order valence-electron chi connectivity index (χ3n) is 5.07. The third kappa shape index (κ3) is 3.57. The van der Waals surface area contributed by atoms with Gasteiger partial charge in [-0.2, -0.15) is 0 Å². The van der Waals surface area contributed by atoms with Crippen LogP contribution in [0, 0.1) is 0 Å². The number of nitrogens with one attached hydrogen (secondary N) is 1. The van der Waals surface area contributed by atoms with Gasteiger partial charge in [-0.25, -0.2) is 4.79 Å². The Morgan fingerprint density at radius 1 is 1.08 bits per heavy atom. The highest BCUT2D eigenvalue weighted by Gasteiger charge is 2.31. The van der Waals surface area contributed by atoms with Gasteiger partial charge in [0.15, 0.2) is 0 Å². The van der Waals surface area contributed by atoms with E-state index in [0.29, 0.717) is 6.42 Å². The number of rotatable bonds is 6. The first-order valence-corrected chi connectivity index (χ1v) is 8.78. The molecule has 0 aromatic heterocycles. The monoisotopic (exact) mass is 353 g/mol. The summed E-state index contributed by atoms with van der Waals surface area (Å²) in [7, 11) is 0. The van der Waals surface area contributed by atoms with Crippen molar-refractivity contribution in [2.75, 3.05) is 6.61 Å². The smallest absolute Gasteiger partial charge is 0.407 e. The van der Waals surface area contributed by atoms with Crippen LogP contribution in [0.4, 0.5) is 4.79 Å². The van der Waals surface area contributed by atoms with Crippen LogP contribution in [0.5, 0.6) is 0 Å². The van der Waals surface area contributed by atoms with E-state index in [0.717, 1.165) is 11.1 Å². The molecule has 0 radical (unpaired) electrons. The normalized spacial score (nSPS) is 14.8. The van der Waals surface area contributed by atoms with Crippen LogP contribution >= 0.6 is 0 Å². The summed E-state index contributed by atoms with van der Waals surface area (Å²) in [6.07, 6.45) is -0.227. The van der Waals surface area contributed by atoms with Crippen LogP contribution < -0.4 is 5.32 Å². The van der Waals surface area contributed by atoms with Gasteiger partial charge in [-0.3, -0.25) is 4.79 Å². The number of carboxylic acid groups (broad SMARTS) is 1. The van der Waals surface area contributed by atoms with Crippen LogP contribution in [0.3, 0.4) is 0 Å². The number of benzene rings is 2. The van der Waals surface area contributed by atoms with Gasteiger partial charge in [-0.05, 0) is 35.6 Å². The maximum atomic E-state index is 12.3. The highest BCUT2D eigenvalue weighted by Crippen LogP contribution is 2.44. The second-order valence-corrected chi connectivity index (χ2v) is 6.94. The molecule has 1 aliphatic carbocycles. The first-order valence-electron chi connectivity index (χ1n) is 8.78. The van der Waals surface area contributed by atoms with E-state index < -0.39 is 17.6 Å². The number of fused-ring (bicyclic) bond motifs is 3. The van der Waals surface area contributed by atoms with Gasteiger partial charge in [0.2, 0.25) is 0 Å². The third-order valence-corrected chi connectivity index (χ3v) is 5.07. The Hall–Kier alpha value is -2.82. The van der Waals surface area contributed by atoms with Gasteiger partial charge in [0.1, 0.15) is 6.61 Å². The Morgan fingerprint density at radius 3 is 2.12 bits per heavy atom. The Balaban J connectivity index is 1.72. The number of carbonyl (C=O) groups excluding carboxylic acids is 1. The largest absolute Gasteiger partial charge is 0.481 e. The van der Waals surface area contributed by atoms with E-state index in [1.807, 2.05) is 31.2 Å². The molecule has 0 fully saturated rings. The van der Waals surface area contributed by atoms with Crippen LogP contribution in [0.2, 0.25) is 0 Å². The highest BCUT2D eigenvalue weighted by molar-refractivity contribution is 5.79. The molecule has 5 heteroatoms. The molecule has 3 rings (SSSR count). The van der Waals surface area contributed by atoms with Gasteiger partial charge in [0.25, 0.3) is 0 Å². The fourth-order valence-corrected chi connectivity index (χ4v) is 3.47. The van der Waals surface area contributed by atoms with Crippen molar-refractivity contribution in [2.45, 2.75) is 38.1 Å². The van der Waals surface area contributed by atoms with Crippen LogP contribution in [0.1, 0.15) is 43.7 Å². The first-order chi connectivity index (χ1) is 12.4. The second-order valence-electron chi connectivity index (χ2n) is 6.94. The van der Waals surface area contributed by atoms with Crippen molar-refractivity contribution in [2.24, 2.45) is 0 Å². The van der Waals surface area contributed by atoms with Gasteiger partial charge >= 0.3 is 12.1 Å². The molecule has 136 valence electrons. The molecule has 0 saturated heterocycles. The zero-order valence-electron chi connectivity index (χ0n) is 15.0. The van der Waals surface area contributed by atoms with Crippen molar-refractivity contribution in [3.63, 3.8) is 0 Å². The Bertz CT molecular complexity index is 787. The highest BCUT2D eigenvalue weighted by atomic mass is 16.5. The molecule has 2 aromatic rings. The minimum Gasteiger partial charge on any atom is -0.481 e. The molecule has 1 aliphatic rings. The van der Waals surface area contributed by atoms with Crippen LogP contribution in [0.15, 0.2) is 48.5 Å². The van der Waals surface area contributed by atoms with Gasteiger partial charge in [-0.15, -0.1) is 0 Å². The van der Waals surface area contributed by atoms with Crippen molar-refractivity contribution in [3.8, 4) is 11.1 Å². The number of alkyl carbamates (subject to hydrolysis) is 1. The number of hydrogen-bond donors (Lipinski definition) is 2. The Labute approximate surface area is 153 Å². The van der Waals surface area contributed by atoms with Crippen LogP contribution in [0.25, 0.3) is 11.1 Å². The van der Waals surface area contributed by atoms with Gasteiger partial charge in [0, 0.05) is 5.92 Å². The molecular formula is C21H23NO4. The SMILES string of the molecule is CC[C@](C)(CC(=O)O)NC(=O)OCC1c2ccccc2-c2ccccc21. The molecular weight excluding hydrogens is 330 g/mol. The number of amides is 1. The number of hydrogen-bond acceptors (Lipinski definition) is 3. The van der Waals surface area contributed by atoms with Crippen molar-refractivity contribution >= 4 is 12.1 Å². The minimum absolute atomic E-state index is 0.0134. The lowest BCUT2D eigenvalue weighted by Crippen LogP contribution is -2.47. The minimum atomic E-state index is -0.951. The molecule has 0 spiro atoms. The number of carbonyl (C=O) groups is 2. The average molecular weight is 353 g/mol. The van der Waals surface area contributed by atoms with Crippen molar-refractivity contribution in [3.05, 3.63) is 59.7 Å². The lowest BCUT2D eigenvalue weighted by Gasteiger charge is -2.27. The predicted octanol–water partition coefficient (Wildman–Crippen LogP) is 4.17. The quantitative estimate of drug-likeness (QED) is 0.817. The molecule has 2 aromatic carbocycles. The fourth-order valence-electron chi connectivity index (χ4n) is 3.47. The van der Waals surface area contributed by atoms with E-state index in [9.17, 15) is 9.59 Å². The molecule has 0 bridgehead atoms. The van der Waals surface area contributed by atoms with E-state index in [1.165, 1.54) is 11.1 Å². The summed E-state index contributed by atoms with van der Waals surface area (Å²) in [6, 6.07) is 16.3. The standard InChI is InChI=1S/C21H23NO4/c1-3-21(2,12-19(23)24)22-20(25)26-13-18-16-10-6-4-8-14(16)15-9-5-7-11-17(15)18/h4-11,18H,3,12-13H2,1-2H3,(H,22,25)(H,23,24)/t21-/m1/s1. The molecule has 1 amide bonds. The van der Waals surface area contributed by atoms with Crippen LogP contribution in [-0.2, 0) is 9.53 Å². The number of ether oxygens (including phenoxy) is 1. The summed E-state index contributed by atoms with van der Waals surface area (Å²) < 4.78 is 5.48. The Kier molecular flexibility index (Phi) is 4.98. The molecule has 0 heterocycles. The van der Waals surface area contributed by atoms with E-state index >= 15 is 0 Å². The van der Waals surface area contributed by atoms with Gasteiger partial charge < -0.3 is 15.2 Å². The average Bonchev–Trinajstić information content (AvgIpc) is 2.93. The molecule has 0 unspecified atom stereocenters. The molecule has 5 nitrogen and oxygen atoms in total. The summed E-state index contributed by atoms with van der Waals surface area (Å²) in [6.45, 7) is 3.77. The second kappa shape index (κ2) is 7.20. The Morgan fingerprint density at radius 2 is 1.62 bits per heavy atom. The van der Waals surface area contributed by atoms with Gasteiger partial charge in [0.05, 0.1) is 12.0 Å². The maximum Gasteiger partial charge on any atom is 0.407 e. The van der Waals surface area contributed by atoms with E-state index in [-0.39, 0.29) is 18.9 Å². The molecule has 2 N–H and O–H groups in total. The molecule has 0 saturated carbocycles. The van der Waals surface area contributed by atoms with Crippen molar-refractivity contribution in [1.82, 2.24) is 5.32 Å². The van der Waals surface area contributed by atoms with E-state index in [1.54, 1.807) is 6.92 Å². The number of aliphatic carboxylic acids is 1. The lowest BCUT2D eigenvalue weighted by atomic mass is 9.95. The summed E-state index contributed by atoms with van der Waals surface area (Å²) in [5, 5.41) is 11.7. The van der Waals surface area contributed by atoms with Gasteiger partial charge in [-0.1, -0.05) is 55.5 Å². The molecule has 26 heavy (non-hydrogen) atoms. The summed E-state index contributed by atoms with van der Waals surface area (Å²) in [5.74, 6) is -0.964. The van der Waals surface area contributed by atoms with Crippen LogP contribution in [-0.4, -0.2) is 29.3 Å². The maximum absolute atomic E-state index is 12.3. The summed E-state index contributed by atoms with van der Waals surface area (Å²) in [5.41, 5.74) is 3.80. The summed E-state index contributed by atoms with van der Waals surface area (Å²) in [4.78, 5) is 23.3. The van der Waals surface area contributed by atoms with E-state index in [2.05, 4.69) is 29.6 Å².